The fraction of sp³-hybridized carbons (Fsp3) is 0.211. The minimum absolute atomic E-state index is 0.195. The van der Waals surface area contributed by atoms with E-state index in [1.54, 1.807) is 18.2 Å². The van der Waals surface area contributed by atoms with Crippen molar-refractivity contribution in [1.29, 1.82) is 0 Å². The Bertz CT molecular complexity index is 921. The van der Waals surface area contributed by atoms with Crippen molar-refractivity contribution in [2.75, 3.05) is 27.4 Å². The second kappa shape index (κ2) is 7.77. The number of carbonyl (C=O) groups is 1. The Labute approximate surface area is 155 Å². The number of benzene rings is 2. The second-order valence-corrected chi connectivity index (χ2v) is 5.58. The molecule has 0 spiro atoms. The third-order valence-corrected chi connectivity index (χ3v) is 3.97. The summed E-state index contributed by atoms with van der Waals surface area (Å²) >= 11 is 0. The molecule has 1 aliphatic heterocycles. The van der Waals surface area contributed by atoms with Gasteiger partial charge in [0.05, 0.1) is 30.8 Å². The van der Waals surface area contributed by atoms with Gasteiger partial charge in [-0.05, 0) is 36.4 Å². The van der Waals surface area contributed by atoms with Crippen LogP contribution in [0.15, 0.2) is 36.4 Å². The lowest BCUT2D eigenvalue weighted by molar-refractivity contribution is -0.385. The van der Waals surface area contributed by atoms with Gasteiger partial charge in [-0.3, -0.25) is 14.9 Å². The van der Waals surface area contributed by atoms with Gasteiger partial charge in [-0.1, -0.05) is 0 Å². The van der Waals surface area contributed by atoms with Gasteiger partial charge in [0, 0.05) is 5.56 Å². The van der Waals surface area contributed by atoms with Crippen molar-refractivity contribution in [1.82, 2.24) is 0 Å². The molecule has 0 N–H and O–H groups in total. The van der Waals surface area contributed by atoms with Gasteiger partial charge in [0.2, 0.25) is 0 Å². The molecule has 1 heterocycles. The van der Waals surface area contributed by atoms with Crippen molar-refractivity contribution in [2.45, 2.75) is 0 Å². The summed E-state index contributed by atoms with van der Waals surface area (Å²) in [5.41, 5.74) is 0.418. The number of hydrogen-bond acceptors (Lipinski definition) is 7. The number of rotatable bonds is 6. The molecule has 0 unspecified atom stereocenters. The third kappa shape index (κ3) is 3.84. The van der Waals surface area contributed by atoms with E-state index >= 15 is 0 Å². The lowest BCUT2D eigenvalue weighted by Crippen LogP contribution is -2.15. The number of fused-ring (bicyclic) bond motifs is 1. The summed E-state index contributed by atoms with van der Waals surface area (Å²) in [6, 6.07) is 7.57. The first-order chi connectivity index (χ1) is 13.0. The smallest absolute Gasteiger partial charge is 0.280 e. The van der Waals surface area contributed by atoms with Gasteiger partial charge in [-0.15, -0.1) is 0 Å². The first-order valence-corrected chi connectivity index (χ1v) is 8.06. The number of ether oxygens (including phenoxy) is 4. The Morgan fingerprint density at radius 3 is 2.41 bits per heavy atom. The summed E-state index contributed by atoms with van der Waals surface area (Å²) in [7, 11) is 2.82. The Morgan fingerprint density at radius 2 is 1.74 bits per heavy atom. The molecule has 0 amide bonds. The van der Waals surface area contributed by atoms with Crippen molar-refractivity contribution < 1.29 is 28.7 Å². The summed E-state index contributed by atoms with van der Waals surface area (Å²) < 4.78 is 21.1. The number of nitro groups is 1. The van der Waals surface area contributed by atoms with Gasteiger partial charge in [0.15, 0.2) is 28.8 Å². The highest BCUT2D eigenvalue weighted by Gasteiger charge is 2.18. The third-order valence-electron chi connectivity index (χ3n) is 3.97. The minimum atomic E-state index is -0.545. The average molecular weight is 371 g/mol. The second-order valence-electron chi connectivity index (χ2n) is 5.58. The number of allylic oxidation sites excluding steroid dienone is 1. The molecule has 0 aromatic heterocycles. The van der Waals surface area contributed by atoms with Gasteiger partial charge >= 0.3 is 0 Å². The Balaban J connectivity index is 1.90. The molecule has 0 saturated heterocycles. The number of hydrogen-bond donors (Lipinski definition) is 0. The molecule has 2 aromatic carbocycles. The summed E-state index contributed by atoms with van der Waals surface area (Å²) in [5, 5.41) is 11.3. The van der Waals surface area contributed by atoms with Crippen LogP contribution in [0.4, 0.5) is 5.69 Å². The van der Waals surface area contributed by atoms with Crippen molar-refractivity contribution in [2.24, 2.45) is 0 Å². The fourth-order valence-corrected chi connectivity index (χ4v) is 2.63. The molecule has 0 bridgehead atoms. The predicted octanol–water partition coefficient (Wildman–Crippen LogP) is 3.28. The number of methoxy groups -OCH3 is 2. The Kier molecular flexibility index (Phi) is 5.25. The van der Waals surface area contributed by atoms with Gasteiger partial charge in [-0.2, -0.15) is 0 Å². The zero-order valence-electron chi connectivity index (χ0n) is 14.8. The average Bonchev–Trinajstić information content (AvgIpc) is 2.70. The predicted molar refractivity (Wildman–Crippen MR) is 97.0 cm³/mol. The monoisotopic (exact) mass is 371 g/mol. The van der Waals surface area contributed by atoms with Gasteiger partial charge < -0.3 is 18.9 Å². The summed E-state index contributed by atoms with van der Waals surface area (Å²) in [6.45, 7) is 0.876. The van der Waals surface area contributed by atoms with Crippen LogP contribution >= 0.6 is 0 Å². The number of nitro benzene ring substituents is 1. The quantitative estimate of drug-likeness (QED) is 0.333. The lowest BCUT2D eigenvalue weighted by atomic mass is 10.1. The normalized spacial score (nSPS) is 12.7. The Hall–Kier alpha value is -3.55. The highest BCUT2D eigenvalue weighted by molar-refractivity contribution is 6.07. The Morgan fingerprint density at radius 1 is 1.07 bits per heavy atom. The van der Waals surface area contributed by atoms with Crippen LogP contribution in [0.2, 0.25) is 0 Å². The van der Waals surface area contributed by atoms with Crippen LogP contribution in [0.5, 0.6) is 23.0 Å². The van der Waals surface area contributed by atoms with Crippen molar-refractivity contribution in [3.63, 3.8) is 0 Å². The standard InChI is InChI=1S/C19H17NO7/c1-24-17-9-12(14(20(22)23)11-18(17)25-2)3-5-15(21)13-4-6-16-19(10-13)27-8-7-26-16/h3-6,9-11H,7-8H2,1-2H3/b5-3+. The highest BCUT2D eigenvalue weighted by Crippen LogP contribution is 2.35. The molecule has 1 aliphatic rings. The molecular formula is C19H17NO7. The molecule has 0 atom stereocenters. The number of ketones is 1. The van der Waals surface area contributed by atoms with Crippen LogP contribution in [0.25, 0.3) is 6.08 Å². The van der Waals surface area contributed by atoms with Crippen LogP contribution in [0.1, 0.15) is 15.9 Å². The number of carbonyl (C=O) groups excluding carboxylic acids is 1. The van der Waals surface area contributed by atoms with E-state index in [9.17, 15) is 14.9 Å². The van der Waals surface area contributed by atoms with Crippen LogP contribution < -0.4 is 18.9 Å². The fourth-order valence-electron chi connectivity index (χ4n) is 2.63. The van der Waals surface area contributed by atoms with Crippen LogP contribution in [-0.2, 0) is 0 Å². The highest BCUT2D eigenvalue weighted by atomic mass is 16.6. The molecule has 0 radical (unpaired) electrons. The molecule has 0 fully saturated rings. The topological polar surface area (TPSA) is 97.1 Å². The maximum absolute atomic E-state index is 12.5. The molecule has 0 saturated carbocycles. The zero-order chi connectivity index (χ0) is 19.4. The van der Waals surface area contributed by atoms with Crippen LogP contribution in [-0.4, -0.2) is 38.1 Å². The lowest BCUT2D eigenvalue weighted by Gasteiger charge is -2.18. The van der Waals surface area contributed by atoms with Gasteiger partial charge in [-0.25, -0.2) is 0 Å². The molecule has 140 valence electrons. The van der Waals surface area contributed by atoms with Crippen LogP contribution in [0, 0.1) is 10.1 Å². The molecule has 2 aromatic rings. The van der Waals surface area contributed by atoms with E-state index in [1.807, 2.05) is 0 Å². The maximum Gasteiger partial charge on any atom is 0.280 e. The molecule has 27 heavy (non-hydrogen) atoms. The summed E-state index contributed by atoms with van der Waals surface area (Å²) in [5.74, 6) is 1.32. The first kappa shape index (κ1) is 18.2. The van der Waals surface area contributed by atoms with E-state index in [2.05, 4.69) is 0 Å². The largest absolute Gasteiger partial charge is 0.493 e. The SMILES string of the molecule is COc1cc(/C=C/C(=O)c2ccc3c(c2)OCCO3)c([N+](=O)[O-])cc1OC. The van der Waals surface area contributed by atoms with E-state index in [0.29, 0.717) is 36.0 Å². The molecule has 0 aliphatic carbocycles. The first-order valence-electron chi connectivity index (χ1n) is 8.06. The van der Waals surface area contributed by atoms with Gasteiger partial charge in [0.25, 0.3) is 5.69 Å². The minimum Gasteiger partial charge on any atom is -0.493 e. The van der Waals surface area contributed by atoms with E-state index in [4.69, 9.17) is 18.9 Å². The number of nitrogens with zero attached hydrogens (tertiary/aromatic N) is 1. The van der Waals surface area contributed by atoms with E-state index in [0.717, 1.165) is 0 Å². The zero-order valence-corrected chi connectivity index (χ0v) is 14.8. The molecule has 8 heteroatoms. The molecular weight excluding hydrogens is 354 g/mol. The molecule has 3 rings (SSSR count). The van der Waals surface area contributed by atoms with E-state index < -0.39 is 4.92 Å². The molecule has 8 nitrogen and oxygen atoms in total. The van der Waals surface area contributed by atoms with Gasteiger partial charge in [0.1, 0.15) is 13.2 Å². The summed E-state index contributed by atoms with van der Waals surface area (Å²) in [6.07, 6.45) is 2.64. The van der Waals surface area contributed by atoms with Crippen molar-refractivity contribution >= 4 is 17.5 Å². The van der Waals surface area contributed by atoms with Crippen molar-refractivity contribution in [3.05, 3.63) is 57.6 Å². The maximum atomic E-state index is 12.5. The van der Waals surface area contributed by atoms with Crippen molar-refractivity contribution in [3.8, 4) is 23.0 Å². The van der Waals surface area contributed by atoms with E-state index in [1.165, 1.54) is 38.5 Å². The van der Waals surface area contributed by atoms with Crippen LogP contribution in [0.3, 0.4) is 0 Å². The summed E-state index contributed by atoms with van der Waals surface area (Å²) in [4.78, 5) is 23.2. The van der Waals surface area contributed by atoms with E-state index in [-0.39, 0.29) is 22.8 Å².